The van der Waals surface area contributed by atoms with E-state index < -0.39 is 0 Å². The van der Waals surface area contributed by atoms with Crippen molar-refractivity contribution < 1.29 is 0 Å². The third-order valence-corrected chi connectivity index (χ3v) is 2.77. The number of nitrogens with zero attached hydrogens (tertiary/aromatic N) is 1. The molecule has 2 heteroatoms. The lowest BCUT2D eigenvalue weighted by atomic mass is 10.1. The smallest absolute Gasteiger partial charge is 0.0438 e. The zero-order valence-electron chi connectivity index (χ0n) is 8.57. The van der Waals surface area contributed by atoms with Crippen LogP contribution < -0.4 is 0 Å². The average Bonchev–Trinajstić information content (AvgIpc) is 2.25. The quantitative estimate of drug-likeness (QED) is 0.749. The van der Waals surface area contributed by atoms with Crippen LogP contribution in [0.2, 0.25) is 5.02 Å². The van der Waals surface area contributed by atoms with Gasteiger partial charge in [0, 0.05) is 17.4 Å². The van der Waals surface area contributed by atoms with E-state index in [0.29, 0.717) is 0 Å². The normalized spacial score (nSPS) is 10.3. The lowest BCUT2D eigenvalue weighted by Gasteiger charge is -2.03. The van der Waals surface area contributed by atoms with Crippen LogP contribution in [0.25, 0.3) is 0 Å². The Balaban J connectivity index is 2.22. The standard InChI is InChI=1S/C13H12ClN/c1-10-4-5-11(8-13(10)14)7-12-3-2-6-15-9-12/h2-6,8-9H,7H2,1H3. The molecule has 2 aromatic rings. The average molecular weight is 218 g/mol. The summed E-state index contributed by atoms with van der Waals surface area (Å²) in [5.41, 5.74) is 3.54. The number of benzene rings is 1. The Labute approximate surface area is 94.7 Å². The Kier molecular flexibility index (Phi) is 3.02. The predicted molar refractivity (Wildman–Crippen MR) is 63.2 cm³/mol. The second-order valence-corrected chi connectivity index (χ2v) is 4.03. The number of halogens is 1. The molecule has 0 unspecified atom stereocenters. The minimum atomic E-state index is 0.830. The van der Waals surface area contributed by atoms with Crippen LogP contribution in [0.3, 0.4) is 0 Å². The minimum Gasteiger partial charge on any atom is -0.264 e. The molecule has 2 rings (SSSR count). The van der Waals surface area contributed by atoms with Crippen LogP contribution in [0.5, 0.6) is 0 Å². The highest BCUT2D eigenvalue weighted by atomic mass is 35.5. The maximum atomic E-state index is 6.06. The second-order valence-electron chi connectivity index (χ2n) is 3.62. The van der Waals surface area contributed by atoms with Gasteiger partial charge in [0.25, 0.3) is 0 Å². The highest BCUT2D eigenvalue weighted by Gasteiger charge is 1.99. The molecular formula is C13H12ClN. The van der Waals surface area contributed by atoms with Crippen molar-refractivity contribution in [2.24, 2.45) is 0 Å². The van der Waals surface area contributed by atoms with Gasteiger partial charge < -0.3 is 0 Å². The van der Waals surface area contributed by atoms with Gasteiger partial charge in [-0.1, -0.05) is 29.8 Å². The van der Waals surface area contributed by atoms with Crippen LogP contribution in [0.1, 0.15) is 16.7 Å². The summed E-state index contributed by atoms with van der Waals surface area (Å²) < 4.78 is 0. The maximum Gasteiger partial charge on any atom is 0.0438 e. The van der Waals surface area contributed by atoms with E-state index in [1.807, 2.05) is 31.3 Å². The molecule has 0 aliphatic carbocycles. The molecule has 15 heavy (non-hydrogen) atoms. The Morgan fingerprint density at radius 1 is 1.20 bits per heavy atom. The van der Waals surface area contributed by atoms with E-state index in [1.54, 1.807) is 6.20 Å². The molecular weight excluding hydrogens is 206 g/mol. The molecule has 0 aliphatic heterocycles. The largest absolute Gasteiger partial charge is 0.264 e. The van der Waals surface area contributed by atoms with Gasteiger partial charge in [-0.15, -0.1) is 0 Å². The zero-order valence-corrected chi connectivity index (χ0v) is 9.33. The summed E-state index contributed by atoms with van der Waals surface area (Å²) in [6, 6.07) is 10.2. The molecule has 1 nitrogen and oxygen atoms in total. The highest BCUT2D eigenvalue weighted by molar-refractivity contribution is 6.31. The number of aryl methyl sites for hydroxylation is 1. The van der Waals surface area contributed by atoms with Crippen molar-refractivity contribution in [3.8, 4) is 0 Å². The molecule has 0 atom stereocenters. The predicted octanol–water partition coefficient (Wildman–Crippen LogP) is 3.63. The molecule has 0 saturated carbocycles. The van der Waals surface area contributed by atoms with Gasteiger partial charge in [-0.05, 0) is 42.2 Å². The van der Waals surface area contributed by atoms with Crippen molar-refractivity contribution in [3.05, 3.63) is 64.4 Å². The third kappa shape index (κ3) is 2.57. The summed E-state index contributed by atoms with van der Waals surface area (Å²) in [7, 11) is 0. The van der Waals surface area contributed by atoms with Crippen LogP contribution in [0.15, 0.2) is 42.7 Å². The summed E-state index contributed by atoms with van der Waals surface area (Å²) in [5.74, 6) is 0. The fourth-order valence-corrected chi connectivity index (χ4v) is 1.69. The van der Waals surface area contributed by atoms with Crippen molar-refractivity contribution in [3.63, 3.8) is 0 Å². The molecule has 0 spiro atoms. The molecule has 0 N–H and O–H groups in total. The van der Waals surface area contributed by atoms with E-state index >= 15 is 0 Å². The number of hydrogen-bond donors (Lipinski definition) is 0. The Morgan fingerprint density at radius 3 is 2.73 bits per heavy atom. The van der Waals surface area contributed by atoms with Gasteiger partial charge in [-0.3, -0.25) is 4.98 Å². The molecule has 1 heterocycles. The van der Waals surface area contributed by atoms with Gasteiger partial charge >= 0.3 is 0 Å². The van der Waals surface area contributed by atoms with E-state index in [2.05, 4.69) is 17.1 Å². The monoisotopic (exact) mass is 217 g/mol. The van der Waals surface area contributed by atoms with E-state index in [9.17, 15) is 0 Å². The van der Waals surface area contributed by atoms with Crippen LogP contribution >= 0.6 is 11.6 Å². The van der Waals surface area contributed by atoms with Gasteiger partial charge in [-0.2, -0.15) is 0 Å². The van der Waals surface area contributed by atoms with Crippen LogP contribution in [-0.4, -0.2) is 4.98 Å². The molecule has 1 aromatic heterocycles. The van der Waals surface area contributed by atoms with Crippen LogP contribution in [0, 0.1) is 6.92 Å². The second kappa shape index (κ2) is 4.45. The van der Waals surface area contributed by atoms with E-state index in [4.69, 9.17) is 11.6 Å². The topological polar surface area (TPSA) is 12.9 Å². The van der Waals surface area contributed by atoms with Gasteiger partial charge in [0.1, 0.15) is 0 Å². The highest BCUT2D eigenvalue weighted by Crippen LogP contribution is 2.18. The van der Waals surface area contributed by atoms with E-state index in [-0.39, 0.29) is 0 Å². The molecule has 0 radical (unpaired) electrons. The van der Waals surface area contributed by atoms with Crippen LogP contribution in [-0.2, 0) is 6.42 Å². The summed E-state index contributed by atoms with van der Waals surface area (Å²) in [4.78, 5) is 4.09. The molecule has 0 bridgehead atoms. The van der Waals surface area contributed by atoms with Gasteiger partial charge in [-0.25, -0.2) is 0 Å². The first-order valence-electron chi connectivity index (χ1n) is 4.89. The Hall–Kier alpha value is -1.34. The number of pyridine rings is 1. The summed E-state index contributed by atoms with van der Waals surface area (Å²) in [5, 5.41) is 0.830. The summed E-state index contributed by atoms with van der Waals surface area (Å²) in [6.45, 7) is 2.01. The first-order valence-corrected chi connectivity index (χ1v) is 5.27. The molecule has 0 aliphatic rings. The molecule has 0 fully saturated rings. The van der Waals surface area contributed by atoms with Gasteiger partial charge in [0.05, 0.1) is 0 Å². The summed E-state index contributed by atoms with van der Waals surface area (Å²) in [6.07, 6.45) is 4.55. The SMILES string of the molecule is Cc1ccc(Cc2cccnc2)cc1Cl. The van der Waals surface area contributed by atoms with Crippen molar-refractivity contribution in [1.82, 2.24) is 4.98 Å². The number of rotatable bonds is 2. The van der Waals surface area contributed by atoms with Gasteiger partial charge in [0.2, 0.25) is 0 Å². The fourth-order valence-electron chi connectivity index (χ4n) is 1.48. The Morgan fingerprint density at radius 2 is 2.07 bits per heavy atom. The third-order valence-electron chi connectivity index (χ3n) is 2.37. The molecule has 76 valence electrons. The minimum absolute atomic E-state index is 0.830. The maximum absolute atomic E-state index is 6.06. The van der Waals surface area contributed by atoms with Crippen LogP contribution in [0.4, 0.5) is 0 Å². The first-order chi connectivity index (χ1) is 7.25. The Bertz CT molecular complexity index is 451. The van der Waals surface area contributed by atoms with E-state index in [1.165, 1.54) is 11.1 Å². The van der Waals surface area contributed by atoms with Crippen molar-refractivity contribution >= 4 is 11.6 Å². The molecule has 0 saturated heterocycles. The van der Waals surface area contributed by atoms with Crippen molar-refractivity contribution in [2.45, 2.75) is 13.3 Å². The van der Waals surface area contributed by atoms with Crippen molar-refractivity contribution in [1.29, 1.82) is 0 Å². The zero-order chi connectivity index (χ0) is 10.7. The van der Waals surface area contributed by atoms with Gasteiger partial charge in [0.15, 0.2) is 0 Å². The lowest BCUT2D eigenvalue weighted by molar-refractivity contribution is 1.14. The fraction of sp³-hybridized carbons (Fsp3) is 0.154. The summed E-state index contributed by atoms with van der Waals surface area (Å²) >= 11 is 6.06. The number of aromatic nitrogens is 1. The van der Waals surface area contributed by atoms with E-state index in [0.717, 1.165) is 17.0 Å². The number of hydrogen-bond acceptors (Lipinski definition) is 1. The molecule has 1 aromatic carbocycles. The first kappa shape index (κ1) is 10.2. The van der Waals surface area contributed by atoms with Crippen molar-refractivity contribution in [2.75, 3.05) is 0 Å². The molecule has 0 amide bonds. The lowest BCUT2D eigenvalue weighted by Crippen LogP contribution is -1.89.